The molecule has 0 amide bonds. The first kappa shape index (κ1) is 12.3. The zero-order chi connectivity index (χ0) is 12.7. The minimum atomic E-state index is 0.568. The van der Waals surface area contributed by atoms with E-state index < -0.39 is 0 Å². The van der Waals surface area contributed by atoms with E-state index in [1.807, 2.05) is 18.2 Å². The van der Waals surface area contributed by atoms with E-state index in [9.17, 15) is 0 Å². The van der Waals surface area contributed by atoms with Crippen molar-refractivity contribution in [3.8, 4) is 0 Å². The molecule has 1 saturated carbocycles. The van der Waals surface area contributed by atoms with Crippen molar-refractivity contribution in [1.29, 1.82) is 0 Å². The summed E-state index contributed by atoms with van der Waals surface area (Å²) in [4.78, 5) is 4.69. The van der Waals surface area contributed by atoms with Crippen LogP contribution in [0.3, 0.4) is 0 Å². The van der Waals surface area contributed by atoms with Crippen LogP contribution in [0.2, 0.25) is 5.02 Å². The lowest BCUT2D eigenvalue weighted by atomic mass is 10.3. The molecule has 2 unspecified atom stereocenters. The van der Waals surface area contributed by atoms with Gasteiger partial charge < -0.3 is 4.57 Å². The van der Waals surface area contributed by atoms with Gasteiger partial charge in [0.05, 0.1) is 16.1 Å². The molecule has 2 aromatic rings. The SMILES string of the molecule is CCC1CC1n1c(CCCl)nc2cccc(Cl)c21. The van der Waals surface area contributed by atoms with Crippen molar-refractivity contribution in [2.24, 2.45) is 5.92 Å². The van der Waals surface area contributed by atoms with Crippen molar-refractivity contribution in [1.82, 2.24) is 9.55 Å². The Morgan fingerprint density at radius 2 is 2.28 bits per heavy atom. The Bertz CT molecular complexity index is 576. The summed E-state index contributed by atoms with van der Waals surface area (Å²) in [5.74, 6) is 2.45. The molecule has 1 fully saturated rings. The maximum Gasteiger partial charge on any atom is 0.111 e. The van der Waals surface area contributed by atoms with E-state index in [2.05, 4.69) is 16.5 Å². The first-order valence-electron chi connectivity index (χ1n) is 6.47. The quantitative estimate of drug-likeness (QED) is 0.758. The normalized spacial score (nSPS) is 22.6. The highest BCUT2D eigenvalue weighted by Gasteiger charge is 2.39. The number of para-hydroxylation sites is 1. The number of halogens is 2. The minimum Gasteiger partial charge on any atom is -0.323 e. The third-order valence-corrected chi connectivity index (χ3v) is 4.29. The fraction of sp³-hybridized carbons (Fsp3) is 0.500. The Balaban J connectivity index is 2.15. The Kier molecular flexibility index (Phi) is 3.25. The molecule has 96 valence electrons. The van der Waals surface area contributed by atoms with Gasteiger partial charge in [-0.25, -0.2) is 4.98 Å². The van der Waals surface area contributed by atoms with Gasteiger partial charge in [-0.15, -0.1) is 11.6 Å². The van der Waals surface area contributed by atoms with Gasteiger partial charge in [-0.3, -0.25) is 0 Å². The second-order valence-corrected chi connectivity index (χ2v) is 5.70. The van der Waals surface area contributed by atoms with Crippen LogP contribution in [-0.4, -0.2) is 15.4 Å². The summed E-state index contributed by atoms with van der Waals surface area (Å²) in [5.41, 5.74) is 2.07. The van der Waals surface area contributed by atoms with Crippen LogP contribution in [0, 0.1) is 5.92 Å². The third-order valence-electron chi connectivity index (χ3n) is 3.79. The number of hydrogen-bond acceptors (Lipinski definition) is 1. The van der Waals surface area contributed by atoms with Gasteiger partial charge in [-0.1, -0.05) is 31.0 Å². The predicted octanol–water partition coefficient (Wildman–Crippen LogP) is 4.44. The number of benzene rings is 1. The topological polar surface area (TPSA) is 17.8 Å². The Labute approximate surface area is 117 Å². The molecule has 2 nitrogen and oxygen atoms in total. The largest absolute Gasteiger partial charge is 0.323 e. The number of aromatic nitrogens is 2. The summed E-state index contributed by atoms with van der Waals surface area (Å²) < 4.78 is 2.33. The number of aryl methyl sites for hydroxylation is 1. The highest BCUT2D eigenvalue weighted by Crippen LogP contribution is 2.48. The minimum absolute atomic E-state index is 0.568. The number of nitrogens with zero attached hydrogens (tertiary/aromatic N) is 2. The van der Waals surface area contributed by atoms with Gasteiger partial charge in [-0.2, -0.15) is 0 Å². The Hall–Kier alpha value is -0.730. The van der Waals surface area contributed by atoms with Gasteiger partial charge in [0, 0.05) is 18.3 Å². The van der Waals surface area contributed by atoms with Gasteiger partial charge in [0.15, 0.2) is 0 Å². The predicted molar refractivity (Wildman–Crippen MR) is 76.6 cm³/mol. The molecule has 0 bridgehead atoms. The Morgan fingerprint density at radius 1 is 1.44 bits per heavy atom. The maximum atomic E-state index is 6.34. The van der Waals surface area contributed by atoms with Gasteiger partial charge >= 0.3 is 0 Å². The van der Waals surface area contributed by atoms with E-state index in [-0.39, 0.29) is 0 Å². The highest BCUT2D eigenvalue weighted by molar-refractivity contribution is 6.35. The van der Waals surface area contributed by atoms with Crippen LogP contribution in [0.4, 0.5) is 0 Å². The van der Waals surface area contributed by atoms with Crippen LogP contribution in [0.15, 0.2) is 18.2 Å². The summed E-state index contributed by atoms with van der Waals surface area (Å²) in [6.45, 7) is 2.24. The van der Waals surface area contributed by atoms with E-state index in [0.717, 1.165) is 34.2 Å². The summed E-state index contributed by atoms with van der Waals surface area (Å²) in [7, 11) is 0. The van der Waals surface area contributed by atoms with Crippen molar-refractivity contribution in [2.75, 3.05) is 5.88 Å². The molecule has 0 aliphatic heterocycles. The zero-order valence-corrected chi connectivity index (χ0v) is 11.9. The zero-order valence-electron chi connectivity index (χ0n) is 10.4. The molecule has 0 N–H and O–H groups in total. The summed E-state index contributed by atoms with van der Waals surface area (Å²) in [6.07, 6.45) is 3.26. The van der Waals surface area contributed by atoms with Gasteiger partial charge in [0.25, 0.3) is 0 Å². The van der Waals surface area contributed by atoms with E-state index >= 15 is 0 Å². The number of fused-ring (bicyclic) bond motifs is 1. The van der Waals surface area contributed by atoms with Crippen molar-refractivity contribution < 1.29 is 0 Å². The van der Waals surface area contributed by atoms with Crippen LogP contribution in [-0.2, 0) is 6.42 Å². The number of imidazole rings is 1. The number of alkyl halides is 1. The average Bonchev–Trinajstić information content (AvgIpc) is 3.04. The molecule has 4 heteroatoms. The first-order valence-corrected chi connectivity index (χ1v) is 7.38. The fourth-order valence-corrected chi connectivity index (χ4v) is 3.19. The summed E-state index contributed by atoms with van der Waals surface area (Å²) in [6, 6.07) is 6.49. The van der Waals surface area contributed by atoms with Crippen molar-refractivity contribution in [3.63, 3.8) is 0 Å². The van der Waals surface area contributed by atoms with Crippen LogP contribution < -0.4 is 0 Å². The second-order valence-electron chi connectivity index (χ2n) is 4.92. The van der Waals surface area contributed by atoms with E-state index in [1.54, 1.807) is 0 Å². The standard InChI is InChI=1S/C14H16Cl2N2/c1-2-9-8-12(9)18-13(6-7-15)17-11-5-3-4-10(16)14(11)18/h3-5,9,12H,2,6-8H2,1H3. The molecule has 0 saturated heterocycles. The summed E-state index contributed by atoms with van der Waals surface area (Å²) >= 11 is 12.2. The fourth-order valence-electron chi connectivity index (χ4n) is 2.76. The van der Waals surface area contributed by atoms with Gasteiger partial charge in [0.2, 0.25) is 0 Å². The average molecular weight is 283 g/mol. The van der Waals surface area contributed by atoms with E-state index in [4.69, 9.17) is 23.2 Å². The van der Waals surface area contributed by atoms with Crippen LogP contribution in [0.25, 0.3) is 11.0 Å². The van der Waals surface area contributed by atoms with Crippen LogP contribution in [0.5, 0.6) is 0 Å². The molecule has 3 rings (SSSR count). The molecule has 1 aliphatic carbocycles. The van der Waals surface area contributed by atoms with Gasteiger partial charge in [-0.05, 0) is 24.5 Å². The Morgan fingerprint density at radius 3 is 2.94 bits per heavy atom. The third kappa shape index (κ3) is 1.92. The number of hydrogen-bond donors (Lipinski definition) is 0. The molecule has 1 heterocycles. The van der Waals surface area contributed by atoms with E-state index in [0.29, 0.717) is 11.9 Å². The van der Waals surface area contributed by atoms with Gasteiger partial charge in [0.1, 0.15) is 5.82 Å². The second kappa shape index (κ2) is 4.75. The lowest BCUT2D eigenvalue weighted by Crippen LogP contribution is -2.04. The number of rotatable bonds is 4. The monoisotopic (exact) mass is 282 g/mol. The molecule has 1 aromatic heterocycles. The first-order chi connectivity index (χ1) is 8.76. The molecular weight excluding hydrogens is 267 g/mol. The van der Waals surface area contributed by atoms with E-state index in [1.165, 1.54) is 12.8 Å². The molecule has 1 aromatic carbocycles. The molecule has 18 heavy (non-hydrogen) atoms. The van der Waals surface area contributed by atoms with Crippen molar-refractivity contribution >= 4 is 34.2 Å². The molecule has 1 aliphatic rings. The highest BCUT2D eigenvalue weighted by atomic mass is 35.5. The molecular formula is C14H16Cl2N2. The lowest BCUT2D eigenvalue weighted by molar-refractivity contribution is 0.629. The van der Waals surface area contributed by atoms with Crippen molar-refractivity contribution in [3.05, 3.63) is 29.0 Å². The molecule has 2 atom stereocenters. The molecule has 0 radical (unpaired) electrons. The summed E-state index contributed by atoms with van der Waals surface area (Å²) in [5, 5.41) is 0.794. The lowest BCUT2D eigenvalue weighted by Gasteiger charge is -2.08. The smallest absolute Gasteiger partial charge is 0.111 e. The molecule has 0 spiro atoms. The van der Waals surface area contributed by atoms with Crippen molar-refractivity contribution in [2.45, 2.75) is 32.2 Å². The maximum absolute atomic E-state index is 6.34. The van der Waals surface area contributed by atoms with Crippen LogP contribution >= 0.6 is 23.2 Å². The van der Waals surface area contributed by atoms with Crippen LogP contribution in [0.1, 0.15) is 31.6 Å².